The van der Waals surface area contributed by atoms with Crippen LogP contribution in [-0.4, -0.2) is 22.7 Å². The monoisotopic (exact) mass is 316 g/mol. The highest BCUT2D eigenvalue weighted by molar-refractivity contribution is 5.75. The van der Waals surface area contributed by atoms with Crippen LogP contribution in [0.2, 0.25) is 0 Å². The molecule has 2 aromatic rings. The van der Waals surface area contributed by atoms with Gasteiger partial charge in [0.15, 0.2) is 17.3 Å². The summed E-state index contributed by atoms with van der Waals surface area (Å²) in [6.45, 7) is 5.21. The summed E-state index contributed by atoms with van der Waals surface area (Å²) in [6, 6.07) is 5.72. The lowest BCUT2D eigenvalue weighted by Gasteiger charge is -2.24. The van der Waals surface area contributed by atoms with Crippen molar-refractivity contribution in [2.75, 3.05) is 18.5 Å². The van der Waals surface area contributed by atoms with Crippen molar-refractivity contribution in [3.8, 4) is 11.5 Å². The zero-order valence-electron chi connectivity index (χ0n) is 13.2. The molecule has 3 rings (SSSR count). The van der Waals surface area contributed by atoms with Gasteiger partial charge in [-0.3, -0.25) is 4.57 Å². The van der Waals surface area contributed by atoms with Gasteiger partial charge in [0.1, 0.15) is 0 Å². The third kappa shape index (κ3) is 3.06. The van der Waals surface area contributed by atoms with Crippen molar-refractivity contribution >= 4 is 11.5 Å². The van der Waals surface area contributed by atoms with Crippen LogP contribution in [0.15, 0.2) is 29.2 Å². The Bertz CT molecular complexity index is 770. The first-order valence-corrected chi connectivity index (χ1v) is 7.58. The highest BCUT2D eigenvalue weighted by Gasteiger charge is 2.22. The molecular formula is C16H20N4O3. The molecule has 0 fully saturated rings. The summed E-state index contributed by atoms with van der Waals surface area (Å²) in [5.41, 5.74) is 6.82. The molecule has 2 heterocycles. The minimum absolute atomic E-state index is 0.0151. The van der Waals surface area contributed by atoms with E-state index in [2.05, 4.69) is 10.3 Å². The fourth-order valence-electron chi connectivity index (χ4n) is 2.41. The van der Waals surface area contributed by atoms with Gasteiger partial charge < -0.3 is 20.5 Å². The summed E-state index contributed by atoms with van der Waals surface area (Å²) in [5.74, 6) is 1.64. The van der Waals surface area contributed by atoms with Crippen LogP contribution < -0.4 is 21.5 Å². The fourth-order valence-corrected chi connectivity index (χ4v) is 2.41. The van der Waals surface area contributed by atoms with E-state index < -0.39 is 0 Å². The van der Waals surface area contributed by atoms with Gasteiger partial charge in [-0.15, -0.1) is 0 Å². The number of rotatable bonds is 5. The minimum Gasteiger partial charge on any atom is -0.450 e. The van der Waals surface area contributed by atoms with E-state index in [-0.39, 0.29) is 11.7 Å². The molecule has 7 heteroatoms. The molecule has 1 aliphatic heterocycles. The minimum atomic E-state index is -0.310. The molecule has 0 radical (unpaired) electrons. The van der Waals surface area contributed by atoms with Crippen molar-refractivity contribution < 1.29 is 9.47 Å². The average Bonchev–Trinajstić information content (AvgIpc) is 2.53. The number of nitrogens with two attached hydrogens (primary N) is 1. The van der Waals surface area contributed by atoms with E-state index in [9.17, 15) is 4.79 Å². The van der Waals surface area contributed by atoms with Crippen LogP contribution >= 0.6 is 0 Å². The Morgan fingerprint density at radius 2 is 2.22 bits per heavy atom. The molecule has 1 aromatic heterocycles. The molecule has 0 aliphatic carbocycles. The number of hydrogen-bond acceptors (Lipinski definition) is 6. The zero-order valence-corrected chi connectivity index (χ0v) is 13.2. The van der Waals surface area contributed by atoms with Gasteiger partial charge >= 0.3 is 5.69 Å². The first kappa shape index (κ1) is 15.5. The topological polar surface area (TPSA) is 91.4 Å². The number of nitrogens with zero attached hydrogens (tertiary/aromatic N) is 2. The number of ether oxygens (including phenoxy) is 2. The van der Waals surface area contributed by atoms with Gasteiger partial charge in [-0.25, -0.2) is 4.79 Å². The normalized spacial score (nSPS) is 12.3. The SMILES string of the molecule is CC(C)n1cc2c(nc1=O)Nc1c(COCCN)cccc1O2. The van der Waals surface area contributed by atoms with E-state index >= 15 is 0 Å². The molecule has 0 saturated carbocycles. The maximum Gasteiger partial charge on any atom is 0.350 e. The first-order chi connectivity index (χ1) is 11.1. The van der Waals surface area contributed by atoms with Crippen LogP contribution in [0, 0.1) is 0 Å². The van der Waals surface area contributed by atoms with Crippen LogP contribution in [0.5, 0.6) is 11.5 Å². The quantitative estimate of drug-likeness (QED) is 0.701. The van der Waals surface area contributed by atoms with Gasteiger partial charge in [0.05, 0.1) is 25.1 Å². The number of anilines is 2. The summed E-state index contributed by atoms with van der Waals surface area (Å²) < 4.78 is 12.9. The Morgan fingerprint density at radius 3 is 2.96 bits per heavy atom. The highest BCUT2D eigenvalue weighted by Crippen LogP contribution is 2.42. The number of fused-ring (bicyclic) bond motifs is 2. The van der Waals surface area contributed by atoms with E-state index in [1.807, 2.05) is 32.0 Å². The maximum atomic E-state index is 12.1. The van der Waals surface area contributed by atoms with Crippen LogP contribution in [0.25, 0.3) is 0 Å². The summed E-state index contributed by atoms with van der Waals surface area (Å²) in [6.07, 6.45) is 1.68. The van der Waals surface area contributed by atoms with Gasteiger partial charge in [-0.05, 0) is 19.9 Å². The smallest absolute Gasteiger partial charge is 0.350 e. The molecule has 23 heavy (non-hydrogen) atoms. The number of benzene rings is 1. The Labute approximate surface area is 134 Å². The van der Waals surface area contributed by atoms with E-state index in [1.54, 1.807) is 10.8 Å². The molecular weight excluding hydrogens is 296 g/mol. The Morgan fingerprint density at radius 1 is 1.39 bits per heavy atom. The lowest BCUT2D eigenvalue weighted by molar-refractivity contribution is 0.128. The molecule has 0 bridgehead atoms. The van der Waals surface area contributed by atoms with Crippen LogP contribution in [0.3, 0.4) is 0 Å². The molecule has 1 aromatic carbocycles. The van der Waals surface area contributed by atoms with Crippen LogP contribution in [0.4, 0.5) is 11.5 Å². The van der Waals surface area contributed by atoms with E-state index in [1.165, 1.54) is 0 Å². The number of nitrogens with one attached hydrogen (secondary N) is 1. The van der Waals surface area contributed by atoms with E-state index in [4.69, 9.17) is 15.2 Å². The fraction of sp³-hybridized carbons (Fsp3) is 0.375. The summed E-state index contributed by atoms with van der Waals surface area (Å²) in [5, 5.41) is 3.18. The summed E-state index contributed by atoms with van der Waals surface area (Å²) in [4.78, 5) is 16.1. The first-order valence-electron chi connectivity index (χ1n) is 7.58. The molecule has 0 amide bonds. The van der Waals surface area contributed by atoms with Gasteiger partial charge in [-0.1, -0.05) is 12.1 Å². The third-order valence-corrected chi connectivity index (χ3v) is 3.57. The predicted octanol–water partition coefficient (Wildman–Crippen LogP) is 2.15. The van der Waals surface area contributed by atoms with Gasteiger partial charge in [0.25, 0.3) is 0 Å². The van der Waals surface area contributed by atoms with Crippen LogP contribution in [-0.2, 0) is 11.3 Å². The zero-order chi connectivity index (χ0) is 16.4. The largest absolute Gasteiger partial charge is 0.450 e. The molecule has 3 N–H and O–H groups in total. The third-order valence-electron chi connectivity index (χ3n) is 3.57. The number of para-hydroxylation sites is 1. The van der Waals surface area contributed by atoms with Crippen molar-refractivity contribution in [1.29, 1.82) is 0 Å². The van der Waals surface area contributed by atoms with Crippen molar-refractivity contribution in [3.05, 3.63) is 40.4 Å². The Kier molecular flexibility index (Phi) is 4.31. The maximum absolute atomic E-state index is 12.1. The Balaban J connectivity index is 1.94. The van der Waals surface area contributed by atoms with Gasteiger partial charge in [0.2, 0.25) is 0 Å². The van der Waals surface area contributed by atoms with Crippen molar-refractivity contribution in [2.24, 2.45) is 5.73 Å². The number of aromatic nitrogens is 2. The molecule has 7 nitrogen and oxygen atoms in total. The lowest BCUT2D eigenvalue weighted by Crippen LogP contribution is -2.26. The molecule has 122 valence electrons. The molecule has 0 unspecified atom stereocenters. The van der Waals surface area contributed by atoms with Gasteiger partial charge in [0, 0.05) is 18.2 Å². The lowest BCUT2D eigenvalue weighted by atomic mass is 10.1. The molecule has 0 atom stereocenters. The second-order valence-corrected chi connectivity index (χ2v) is 5.60. The second kappa shape index (κ2) is 6.39. The standard InChI is InChI=1S/C16H20N4O3/c1-10(2)20-8-13-15(19-16(20)21)18-14-11(9-22-7-6-17)4-3-5-12(14)23-13/h3-5,8,10H,6-7,9,17H2,1-2H3,(H,18,19,21). The van der Waals surface area contributed by atoms with Crippen molar-refractivity contribution in [3.63, 3.8) is 0 Å². The van der Waals surface area contributed by atoms with Crippen molar-refractivity contribution in [1.82, 2.24) is 9.55 Å². The van der Waals surface area contributed by atoms with Crippen LogP contribution in [0.1, 0.15) is 25.5 Å². The molecule has 1 aliphatic rings. The van der Waals surface area contributed by atoms with E-state index in [0.717, 1.165) is 11.3 Å². The highest BCUT2D eigenvalue weighted by atomic mass is 16.5. The molecule has 0 spiro atoms. The average molecular weight is 316 g/mol. The van der Waals surface area contributed by atoms with Crippen molar-refractivity contribution in [2.45, 2.75) is 26.5 Å². The summed E-state index contributed by atoms with van der Waals surface area (Å²) >= 11 is 0. The van der Waals surface area contributed by atoms with E-state index in [0.29, 0.717) is 37.1 Å². The number of hydrogen-bond donors (Lipinski definition) is 2. The second-order valence-electron chi connectivity index (χ2n) is 5.60. The Hall–Kier alpha value is -2.38. The predicted molar refractivity (Wildman–Crippen MR) is 87.4 cm³/mol. The summed E-state index contributed by atoms with van der Waals surface area (Å²) in [7, 11) is 0. The van der Waals surface area contributed by atoms with Gasteiger partial charge in [-0.2, -0.15) is 4.98 Å². The molecule has 0 saturated heterocycles.